The van der Waals surface area contributed by atoms with Crippen LogP contribution in [-0.4, -0.2) is 74.7 Å². The van der Waals surface area contributed by atoms with E-state index in [1.807, 2.05) is 30.3 Å². The molecular weight excluding hydrogens is 444 g/mol. The number of esters is 2. The van der Waals surface area contributed by atoms with Gasteiger partial charge in [-0.05, 0) is 12.0 Å². The molecule has 3 heterocycles. The summed E-state index contributed by atoms with van der Waals surface area (Å²) in [6.07, 6.45) is 0.0892. The summed E-state index contributed by atoms with van der Waals surface area (Å²) in [4.78, 5) is 23.0. The first-order valence-corrected chi connectivity index (χ1v) is 11.9. The zero-order valence-corrected chi connectivity index (χ0v) is 20.0. The number of benzene rings is 1. The van der Waals surface area contributed by atoms with E-state index in [2.05, 4.69) is 0 Å². The van der Waals surface area contributed by atoms with E-state index in [0.29, 0.717) is 26.1 Å². The van der Waals surface area contributed by atoms with Gasteiger partial charge in [-0.3, -0.25) is 9.59 Å². The molecule has 0 N–H and O–H groups in total. The molecule has 1 aromatic carbocycles. The minimum absolute atomic E-state index is 0.0515. The van der Waals surface area contributed by atoms with Crippen LogP contribution < -0.4 is 0 Å². The third-order valence-electron chi connectivity index (χ3n) is 6.60. The molecule has 0 saturated carbocycles. The lowest BCUT2D eigenvalue weighted by molar-refractivity contribution is -0.352. The molecule has 0 aromatic heterocycles. The predicted octanol–water partition coefficient (Wildman–Crippen LogP) is 2.53. The number of ether oxygens (including phenoxy) is 7. The maximum Gasteiger partial charge on any atom is 0.303 e. The second-order valence-corrected chi connectivity index (χ2v) is 9.04. The first-order valence-electron chi connectivity index (χ1n) is 11.9. The summed E-state index contributed by atoms with van der Waals surface area (Å²) in [5.74, 6) is -1.73. The van der Waals surface area contributed by atoms with Crippen LogP contribution >= 0.6 is 0 Å². The van der Waals surface area contributed by atoms with Gasteiger partial charge in [-0.2, -0.15) is 0 Å². The molecule has 3 fully saturated rings. The van der Waals surface area contributed by atoms with E-state index in [9.17, 15) is 9.59 Å². The molecule has 6 unspecified atom stereocenters. The topological polar surface area (TPSA) is 98.8 Å². The molecule has 3 aliphatic rings. The molecule has 3 saturated heterocycles. The Morgan fingerprint density at radius 3 is 2.68 bits per heavy atom. The van der Waals surface area contributed by atoms with E-state index < -0.39 is 36.0 Å². The van der Waals surface area contributed by atoms with Crippen LogP contribution in [0.5, 0.6) is 0 Å². The minimum Gasteiger partial charge on any atom is -0.462 e. The second kappa shape index (κ2) is 11.1. The maximum atomic E-state index is 11.7. The van der Waals surface area contributed by atoms with E-state index in [1.54, 1.807) is 7.11 Å². The Hall–Kier alpha value is -2.04. The predicted molar refractivity (Wildman–Crippen MR) is 119 cm³/mol. The standard InChI is InChI=1S/C25H34O9/c1-16(26)30-15-19(32-17(2)27)12-20-23(31-14-18-8-5-4-6-9-18)24-21(33-20)13-22-25(28-3,34-24)10-7-11-29-22/h4-6,8-9,19-24H,7,10-15H2,1-3H3/t19-,20?,21?,22?,23?,24?,25?/m1/s1. The highest BCUT2D eigenvalue weighted by molar-refractivity contribution is 5.67. The average Bonchev–Trinajstić information content (AvgIpc) is 3.15. The van der Waals surface area contributed by atoms with Crippen LogP contribution in [0.3, 0.4) is 0 Å². The SMILES string of the molecule is COC12CCCOC1CC1OC(C[C@H](COC(C)=O)OC(C)=O)C(OCc3ccccc3)C1O2. The fourth-order valence-electron chi connectivity index (χ4n) is 5.09. The summed E-state index contributed by atoms with van der Waals surface area (Å²) in [7, 11) is 1.64. The quantitative estimate of drug-likeness (QED) is 0.496. The summed E-state index contributed by atoms with van der Waals surface area (Å²) in [6, 6.07) is 9.86. The van der Waals surface area contributed by atoms with Gasteiger partial charge in [0.1, 0.15) is 31.0 Å². The molecule has 34 heavy (non-hydrogen) atoms. The largest absolute Gasteiger partial charge is 0.462 e. The van der Waals surface area contributed by atoms with Crippen molar-refractivity contribution in [3.8, 4) is 0 Å². The van der Waals surface area contributed by atoms with Crippen LogP contribution in [0, 0.1) is 0 Å². The molecule has 4 rings (SSSR count). The fraction of sp³-hybridized carbons (Fsp3) is 0.680. The van der Waals surface area contributed by atoms with Crippen LogP contribution in [0.25, 0.3) is 0 Å². The molecule has 9 heteroatoms. The van der Waals surface area contributed by atoms with Crippen molar-refractivity contribution in [3.05, 3.63) is 35.9 Å². The zero-order valence-electron chi connectivity index (χ0n) is 20.0. The second-order valence-electron chi connectivity index (χ2n) is 9.04. The minimum atomic E-state index is -0.834. The summed E-state index contributed by atoms with van der Waals surface area (Å²) < 4.78 is 41.7. The molecular formula is C25H34O9. The number of fused-ring (bicyclic) bond motifs is 2. The van der Waals surface area contributed by atoms with Crippen LogP contribution in [0.1, 0.15) is 45.1 Å². The van der Waals surface area contributed by atoms with Crippen molar-refractivity contribution < 1.29 is 42.7 Å². The van der Waals surface area contributed by atoms with E-state index in [4.69, 9.17) is 33.2 Å². The van der Waals surface area contributed by atoms with Crippen molar-refractivity contribution in [2.75, 3.05) is 20.3 Å². The summed E-state index contributed by atoms with van der Waals surface area (Å²) in [5.41, 5.74) is 1.03. The van der Waals surface area contributed by atoms with Gasteiger partial charge in [0.25, 0.3) is 0 Å². The Balaban J connectivity index is 1.53. The monoisotopic (exact) mass is 478 g/mol. The highest BCUT2D eigenvalue weighted by Gasteiger charge is 2.59. The first kappa shape index (κ1) is 25.1. The van der Waals surface area contributed by atoms with Crippen molar-refractivity contribution >= 4 is 11.9 Å². The molecule has 0 aliphatic carbocycles. The van der Waals surface area contributed by atoms with Gasteiger partial charge in [0, 0.05) is 46.8 Å². The normalized spacial score (nSPS) is 33.4. The van der Waals surface area contributed by atoms with E-state index >= 15 is 0 Å². The van der Waals surface area contributed by atoms with Gasteiger partial charge in [-0.15, -0.1) is 0 Å². The van der Waals surface area contributed by atoms with Crippen LogP contribution in [0.2, 0.25) is 0 Å². The average molecular weight is 479 g/mol. The van der Waals surface area contributed by atoms with Crippen LogP contribution in [0.4, 0.5) is 0 Å². The lowest BCUT2D eigenvalue weighted by Crippen LogP contribution is -2.61. The smallest absolute Gasteiger partial charge is 0.303 e. The highest BCUT2D eigenvalue weighted by atomic mass is 16.7. The number of rotatable bonds is 9. The Bertz CT molecular complexity index is 831. The fourth-order valence-corrected chi connectivity index (χ4v) is 5.09. The molecule has 9 nitrogen and oxygen atoms in total. The van der Waals surface area contributed by atoms with Crippen molar-refractivity contribution in [1.82, 2.24) is 0 Å². The molecule has 3 aliphatic heterocycles. The third kappa shape index (κ3) is 5.78. The lowest BCUT2D eigenvalue weighted by atomic mass is 9.89. The van der Waals surface area contributed by atoms with Crippen LogP contribution in [-0.2, 0) is 49.4 Å². The summed E-state index contributed by atoms with van der Waals surface area (Å²) in [6.45, 7) is 3.62. The molecule has 0 bridgehead atoms. The number of carbonyl (C=O) groups excluding carboxylic acids is 2. The van der Waals surface area contributed by atoms with E-state index in [1.165, 1.54) is 13.8 Å². The summed E-state index contributed by atoms with van der Waals surface area (Å²) in [5, 5.41) is 0. The van der Waals surface area contributed by atoms with Crippen LogP contribution in [0.15, 0.2) is 30.3 Å². The van der Waals surface area contributed by atoms with Gasteiger partial charge in [0.15, 0.2) is 5.79 Å². The highest BCUT2D eigenvalue weighted by Crippen LogP contribution is 2.45. The number of hydrogen-bond acceptors (Lipinski definition) is 9. The molecule has 1 aromatic rings. The number of methoxy groups -OCH3 is 1. The first-order chi connectivity index (χ1) is 16.4. The summed E-state index contributed by atoms with van der Waals surface area (Å²) >= 11 is 0. The van der Waals surface area contributed by atoms with E-state index in [-0.39, 0.29) is 24.9 Å². The van der Waals surface area contributed by atoms with Gasteiger partial charge in [-0.25, -0.2) is 0 Å². The molecule has 0 spiro atoms. The number of hydrogen-bond donors (Lipinski definition) is 0. The van der Waals surface area contributed by atoms with Crippen molar-refractivity contribution in [2.45, 2.75) is 88.5 Å². The van der Waals surface area contributed by atoms with Gasteiger partial charge in [0.05, 0.1) is 18.8 Å². The lowest BCUT2D eigenvalue weighted by Gasteiger charge is -2.49. The third-order valence-corrected chi connectivity index (χ3v) is 6.60. The van der Waals surface area contributed by atoms with Gasteiger partial charge in [-0.1, -0.05) is 30.3 Å². The molecule has 0 radical (unpaired) electrons. The Morgan fingerprint density at radius 2 is 1.97 bits per heavy atom. The van der Waals surface area contributed by atoms with Crippen molar-refractivity contribution in [1.29, 1.82) is 0 Å². The number of carbonyl (C=O) groups is 2. The zero-order chi connectivity index (χ0) is 24.1. The Kier molecular flexibility index (Phi) is 8.21. The Morgan fingerprint density at radius 1 is 1.18 bits per heavy atom. The van der Waals surface area contributed by atoms with E-state index in [0.717, 1.165) is 18.4 Å². The molecule has 0 amide bonds. The molecule has 7 atom stereocenters. The van der Waals surface area contributed by atoms with Gasteiger partial charge >= 0.3 is 11.9 Å². The molecule has 188 valence electrons. The van der Waals surface area contributed by atoms with Crippen molar-refractivity contribution in [2.24, 2.45) is 0 Å². The van der Waals surface area contributed by atoms with Gasteiger partial charge in [0.2, 0.25) is 0 Å². The van der Waals surface area contributed by atoms with Crippen molar-refractivity contribution in [3.63, 3.8) is 0 Å². The Labute approximate surface area is 199 Å². The maximum absolute atomic E-state index is 11.7. The van der Waals surface area contributed by atoms with Gasteiger partial charge < -0.3 is 33.2 Å².